The number of sulfonamides is 1. The molecule has 7 nitrogen and oxygen atoms in total. The van der Waals surface area contributed by atoms with Gasteiger partial charge in [0.1, 0.15) is 0 Å². The third kappa shape index (κ3) is 4.40. The number of hydrogen-bond acceptors (Lipinski definition) is 5. The molecular formula is C14H20N4O3S2. The highest BCUT2D eigenvalue weighted by molar-refractivity contribution is 7.89. The van der Waals surface area contributed by atoms with Crippen LogP contribution in [0.5, 0.6) is 0 Å². The number of carbonyl (C=O) groups is 1. The van der Waals surface area contributed by atoms with Gasteiger partial charge in [0.2, 0.25) is 10.0 Å². The van der Waals surface area contributed by atoms with Crippen LogP contribution in [-0.2, 0) is 23.1 Å². The van der Waals surface area contributed by atoms with Crippen molar-refractivity contribution >= 4 is 27.3 Å². The Balaban J connectivity index is 2.09. The van der Waals surface area contributed by atoms with Gasteiger partial charge in [0.25, 0.3) is 5.91 Å². The van der Waals surface area contributed by atoms with Crippen LogP contribution in [-0.4, -0.2) is 30.9 Å². The normalized spacial score (nSPS) is 11.8. The Kier molecular flexibility index (Phi) is 5.55. The maximum atomic E-state index is 12.3. The lowest BCUT2D eigenvalue weighted by Gasteiger charge is -2.11. The van der Waals surface area contributed by atoms with Crippen LogP contribution in [0.25, 0.3) is 0 Å². The number of hydrogen-bond donors (Lipinski definition) is 2. The van der Waals surface area contributed by atoms with Gasteiger partial charge < -0.3 is 9.88 Å². The van der Waals surface area contributed by atoms with Gasteiger partial charge in [-0.2, -0.15) is 0 Å². The lowest BCUT2D eigenvalue weighted by molar-refractivity contribution is 0.0967. The summed E-state index contributed by atoms with van der Waals surface area (Å²) in [7, 11) is -2.16. The third-order valence-corrected chi connectivity index (χ3v) is 5.60. The predicted molar refractivity (Wildman–Crippen MR) is 88.8 cm³/mol. The third-order valence-electron chi connectivity index (χ3n) is 3.14. The number of thiophene rings is 1. The molecule has 1 amide bonds. The molecule has 0 fully saturated rings. The molecule has 0 aromatic carbocycles. The second-order valence-corrected chi connectivity index (χ2v) is 8.16. The van der Waals surface area contributed by atoms with Crippen LogP contribution >= 0.6 is 11.3 Å². The van der Waals surface area contributed by atoms with E-state index in [4.69, 9.17) is 0 Å². The first-order valence-electron chi connectivity index (χ1n) is 7.12. The van der Waals surface area contributed by atoms with Gasteiger partial charge in [-0.3, -0.25) is 4.79 Å². The van der Waals surface area contributed by atoms with Crippen molar-refractivity contribution in [3.05, 3.63) is 34.5 Å². The molecule has 2 heterocycles. The molecule has 0 atom stereocenters. The van der Waals surface area contributed by atoms with E-state index in [1.807, 2.05) is 4.57 Å². The van der Waals surface area contributed by atoms with E-state index < -0.39 is 10.0 Å². The van der Waals surface area contributed by atoms with Gasteiger partial charge in [-0.1, -0.05) is 13.8 Å². The van der Waals surface area contributed by atoms with Crippen LogP contribution in [0.2, 0.25) is 0 Å². The van der Waals surface area contributed by atoms with Crippen LogP contribution in [0.3, 0.4) is 0 Å². The van der Waals surface area contributed by atoms with Gasteiger partial charge in [-0.05, 0) is 12.0 Å². The molecule has 9 heteroatoms. The Morgan fingerprint density at radius 3 is 2.83 bits per heavy atom. The summed E-state index contributed by atoms with van der Waals surface area (Å²) in [4.78, 5) is 16.0. The van der Waals surface area contributed by atoms with Crippen molar-refractivity contribution in [1.82, 2.24) is 19.6 Å². The first kappa shape index (κ1) is 17.6. The van der Waals surface area contributed by atoms with Gasteiger partial charge in [0, 0.05) is 25.2 Å². The summed E-state index contributed by atoms with van der Waals surface area (Å²) in [6.45, 7) is 5.09. The zero-order valence-corrected chi connectivity index (χ0v) is 14.9. The molecule has 0 radical (unpaired) electrons. The predicted octanol–water partition coefficient (Wildman–Crippen LogP) is 1.44. The van der Waals surface area contributed by atoms with Crippen molar-refractivity contribution in [2.24, 2.45) is 5.92 Å². The molecule has 0 bridgehead atoms. The first-order valence-corrected chi connectivity index (χ1v) is 9.49. The monoisotopic (exact) mass is 356 g/mol. The number of imidazole rings is 1. The molecule has 0 aliphatic carbocycles. The first-order chi connectivity index (χ1) is 10.8. The topological polar surface area (TPSA) is 93.1 Å². The van der Waals surface area contributed by atoms with E-state index >= 15 is 0 Å². The second kappa shape index (κ2) is 7.24. The van der Waals surface area contributed by atoms with Gasteiger partial charge in [-0.15, -0.1) is 11.3 Å². The summed E-state index contributed by atoms with van der Waals surface area (Å²) in [5.74, 6) is 0.137. The number of amides is 1. The molecule has 2 rings (SSSR count). The highest BCUT2D eigenvalue weighted by Gasteiger charge is 2.19. The summed E-state index contributed by atoms with van der Waals surface area (Å²) in [6.07, 6.45) is 3.34. The SMILES string of the molecule is CNC(=O)c1cc(S(=O)(=O)NCc2cncn2CC(C)C)cs1. The summed E-state index contributed by atoms with van der Waals surface area (Å²) < 4.78 is 29.1. The van der Waals surface area contributed by atoms with Crippen molar-refractivity contribution < 1.29 is 13.2 Å². The summed E-state index contributed by atoms with van der Waals surface area (Å²) in [6, 6.07) is 1.37. The highest BCUT2D eigenvalue weighted by Crippen LogP contribution is 2.19. The molecule has 0 aliphatic heterocycles. The molecule has 0 spiro atoms. The zero-order chi connectivity index (χ0) is 17.0. The Morgan fingerprint density at radius 1 is 1.43 bits per heavy atom. The minimum Gasteiger partial charge on any atom is -0.354 e. The average Bonchev–Trinajstić information content (AvgIpc) is 3.13. The second-order valence-electron chi connectivity index (χ2n) is 5.48. The van der Waals surface area contributed by atoms with Crippen LogP contribution in [0.1, 0.15) is 29.2 Å². The Morgan fingerprint density at radius 2 is 2.17 bits per heavy atom. The maximum Gasteiger partial charge on any atom is 0.261 e. The number of rotatable bonds is 7. The van der Waals surface area contributed by atoms with Gasteiger partial charge in [0.15, 0.2) is 0 Å². The van der Waals surface area contributed by atoms with Gasteiger partial charge >= 0.3 is 0 Å². The van der Waals surface area contributed by atoms with Crippen LogP contribution in [0.15, 0.2) is 28.9 Å². The van der Waals surface area contributed by atoms with Gasteiger partial charge in [0.05, 0.1) is 28.3 Å². The molecule has 0 saturated carbocycles. The van der Waals surface area contributed by atoms with Gasteiger partial charge in [-0.25, -0.2) is 18.1 Å². The van der Waals surface area contributed by atoms with E-state index in [9.17, 15) is 13.2 Å². The fraction of sp³-hybridized carbons (Fsp3) is 0.429. The molecule has 23 heavy (non-hydrogen) atoms. The summed E-state index contributed by atoms with van der Waals surface area (Å²) in [5, 5.41) is 3.93. The fourth-order valence-corrected chi connectivity index (χ4v) is 4.23. The van der Waals surface area contributed by atoms with Crippen LogP contribution in [0, 0.1) is 5.92 Å². The minimum absolute atomic E-state index is 0.0935. The van der Waals surface area contributed by atoms with Crippen molar-refractivity contribution in [1.29, 1.82) is 0 Å². The summed E-state index contributed by atoms with van der Waals surface area (Å²) in [5.41, 5.74) is 0.795. The molecule has 0 aliphatic rings. The molecule has 2 aromatic rings. The highest BCUT2D eigenvalue weighted by atomic mass is 32.2. The Bertz CT molecular complexity index is 778. The van der Waals surface area contributed by atoms with Crippen LogP contribution in [0.4, 0.5) is 0 Å². The van der Waals surface area contributed by atoms with Crippen molar-refractivity contribution in [2.45, 2.75) is 31.8 Å². The van der Waals surface area contributed by atoms with Crippen LogP contribution < -0.4 is 10.0 Å². The Hall–Kier alpha value is -1.71. The average molecular weight is 356 g/mol. The minimum atomic E-state index is -3.66. The summed E-state index contributed by atoms with van der Waals surface area (Å²) >= 11 is 1.10. The lowest BCUT2D eigenvalue weighted by atomic mass is 10.2. The lowest BCUT2D eigenvalue weighted by Crippen LogP contribution is -2.24. The van der Waals surface area contributed by atoms with E-state index in [2.05, 4.69) is 28.9 Å². The quantitative estimate of drug-likeness (QED) is 0.785. The standard InChI is InChI=1S/C14H20N4O3S2/c1-10(2)7-18-9-16-5-11(18)6-17-23(20,21)12-4-13(22-8-12)14(19)15-3/h4-5,8-10,17H,6-7H2,1-3H3,(H,15,19). The fourth-order valence-electron chi connectivity index (χ4n) is 2.01. The number of carbonyl (C=O) groups excluding carboxylic acids is 1. The van der Waals surface area contributed by atoms with E-state index in [-0.39, 0.29) is 17.3 Å². The van der Waals surface area contributed by atoms with E-state index in [1.165, 1.54) is 18.5 Å². The van der Waals surface area contributed by atoms with Crippen molar-refractivity contribution in [3.63, 3.8) is 0 Å². The Labute approximate surface area is 139 Å². The molecule has 0 saturated heterocycles. The molecule has 2 N–H and O–H groups in total. The largest absolute Gasteiger partial charge is 0.354 e. The molecule has 126 valence electrons. The number of aromatic nitrogens is 2. The van der Waals surface area contributed by atoms with E-state index in [0.29, 0.717) is 10.8 Å². The number of nitrogens with one attached hydrogen (secondary N) is 2. The van der Waals surface area contributed by atoms with Crippen molar-refractivity contribution in [3.8, 4) is 0 Å². The number of nitrogens with zero attached hydrogens (tertiary/aromatic N) is 2. The maximum absolute atomic E-state index is 12.3. The van der Waals surface area contributed by atoms with E-state index in [0.717, 1.165) is 23.6 Å². The molecule has 2 aromatic heterocycles. The molecule has 0 unspecified atom stereocenters. The van der Waals surface area contributed by atoms with Crippen molar-refractivity contribution in [2.75, 3.05) is 7.05 Å². The zero-order valence-electron chi connectivity index (χ0n) is 13.2. The van der Waals surface area contributed by atoms with E-state index in [1.54, 1.807) is 12.5 Å². The molecular weight excluding hydrogens is 336 g/mol. The smallest absolute Gasteiger partial charge is 0.261 e.